The Bertz CT molecular complexity index is 1440. The number of nitrogens with zero attached hydrogens (tertiary/aromatic N) is 8. The molecule has 0 radical (unpaired) electrons. The molecule has 39 heavy (non-hydrogen) atoms. The third-order valence-electron chi connectivity index (χ3n) is 6.78. The number of benzene rings is 1. The van der Waals surface area contributed by atoms with Gasteiger partial charge in [-0.05, 0) is 38.1 Å². The standard InChI is InChI=1S/C27H34N10O2/c1-18(2)36-12-10-35(11-13-36)9-5-6-19-7-8-20(16-29-19)32-27-33-26(28)37(34-27)25-21-14-23(38-3)24(39-4)15-22(21)30-17-31-25/h5-8,14-18H,9-13H2,1-4H3,(H3,28,32,33,34)/b6-5+. The summed E-state index contributed by atoms with van der Waals surface area (Å²) in [6.45, 7) is 9.86. The maximum atomic E-state index is 6.21. The summed E-state index contributed by atoms with van der Waals surface area (Å²) in [7, 11) is 3.15. The van der Waals surface area contributed by atoms with Crippen molar-refractivity contribution in [2.24, 2.45) is 0 Å². The second-order valence-corrected chi connectivity index (χ2v) is 9.56. The highest BCUT2D eigenvalue weighted by Gasteiger charge is 2.18. The average Bonchev–Trinajstić information content (AvgIpc) is 3.32. The molecule has 0 saturated carbocycles. The molecule has 0 spiro atoms. The van der Waals surface area contributed by atoms with Gasteiger partial charge in [0, 0.05) is 50.2 Å². The normalized spacial score (nSPS) is 14.9. The molecule has 5 rings (SSSR count). The van der Waals surface area contributed by atoms with E-state index in [1.807, 2.05) is 18.2 Å². The summed E-state index contributed by atoms with van der Waals surface area (Å²) >= 11 is 0. The molecular formula is C27H34N10O2. The first-order valence-corrected chi connectivity index (χ1v) is 12.9. The van der Waals surface area contributed by atoms with Crippen molar-refractivity contribution in [3.63, 3.8) is 0 Å². The molecule has 0 atom stereocenters. The number of anilines is 3. The van der Waals surface area contributed by atoms with Gasteiger partial charge in [-0.25, -0.2) is 9.97 Å². The van der Waals surface area contributed by atoms with Crippen LogP contribution < -0.4 is 20.5 Å². The maximum absolute atomic E-state index is 6.21. The van der Waals surface area contributed by atoms with Gasteiger partial charge in [-0.2, -0.15) is 9.67 Å². The first-order chi connectivity index (χ1) is 18.9. The van der Waals surface area contributed by atoms with E-state index in [0.717, 1.165) is 44.1 Å². The van der Waals surface area contributed by atoms with Crippen LogP contribution in [0.25, 0.3) is 22.8 Å². The summed E-state index contributed by atoms with van der Waals surface area (Å²) in [5.74, 6) is 2.09. The van der Waals surface area contributed by atoms with Crippen LogP contribution in [0.2, 0.25) is 0 Å². The predicted octanol–water partition coefficient (Wildman–Crippen LogP) is 2.99. The van der Waals surface area contributed by atoms with Crippen LogP contribution in [0.1, 0.15) is 19.5 Å². The van der Waals surface area contributed by atoms with Gasteiger partial charge in [0.15, 0.2) is 17.3 Å². The smallest absolute Gasteiger partial charge is 0.248 e. The van der Waals surface area contributed by atoms with Crippen LogP contribution in [0, 0.1) is 0 Å². The molecule has 1 fully saturated rings. The molecule has 3 N–H and O–H groups in total. The van der Waals surface area contributed by atoms with Gasteiger partial charge in [0.05, 0.1) is 37.3 Å². The molecule has 0 aliphatic carbocycles. The summed E-state index contributed by atoms with van der Waals surface area (Å²) in [6, 6.07) is 8.07. The van der Waals surface area contributed by atoms with E-state index < -0.39 is 0 Å². The number of aromatic nitrogens is 6. The molecule has 3 aromatic heterocycles. The van der Waals surface area contributed by atoms with Crippen LogP contribution in [0.3, 0.4) is 0 Å². The minimum atomic E-state index is 0.175. The molecule has 12 nitrogen and oxygen atoms in total. The van der Waals surface area contributed by atoms with Crippen molar-refractivity contribution in [1.82, 2.24) is 39.5 Å². The van der Waals surface area contributed by atoms with Crippen molar-refractivity contribution >= 4 is 34.6 Å². The number of hydrogen-bond donors (Lipinski definition) is 2. The SMILES string of the molecule is COc1cc2ncnc(-n3nc(Nc4ccc(/C=C/CN5CCN(C(C)C)CC5)nc4)nc3N)c2cc1OC. The van der Waals surface area contributed by atoms with E-state index >= 15 is 0 Å². The van der Waals surface area contributed by atoms with Gasteiger partial charge < -0.3 is 20.5 Å². The molecule has 1 aliphatic rings. The number of fused-ring (bicyclic) bond motifs is 1. The summed E-state index contributed by atoms with van der Waals surface area (Å²) in [6.07, 6.45) is 7.41. The number of rotatable bonds is 9. The second kappa shape index (κ2) is 11.6. The molecule has 1 saturated heterocycles. The quantitative estimate of drug-likeness (QED) is 0.331. The largest absolute Gasteiger partial charge is 0.493 e. The number of ether oxygens (including phenoxy) is 2. The zero-order valence-electron chi connectivity index (χ0n) is 22.7. The fourth-order valence-corrected chi connectivity index (χ4v) is 4.56. The van der Waals surface area contributed by atoms with Crippen LogP contribution in [0.15, 0.2) is 42.9 Å². The Morgan fingerprint density at radius 3 is 2.49 bits per heavy atom. The van der Waals surface area contributed by atoms with Crippen molar-refractivity contribution in [3.8, 4) is 17.3 Å². The Hall–Kier alpha value is -4.29. The minimum absolute atomic E-state index is 0.175. The topological polar surface area (TPSA) is 132 Å². The van der Waals surface area contributed by atoms with Crippen LogP contribution >= 0.6 is 0 Å². The summed E-state index contributed by atoms with van der Waals surface area (Å²) in [4.78, 5) is 22.6. The van der Waals surface area contributed by atoms with E-state index in [0.29, 0.717) is 40.2 Å². The van der Waals surface area contributed by atoms with Gasteiger partial charge in [-0.3, -0.25) is 14.8 Å². The lowest BCUT2D eigenvalue weighted by atomic mass is 10.2. The first-order valence-electron chi connectivity index (χ1n) is 12.9. The fraction of sp³-hybridized carbons (Fsp3) is 0.370. The van der Waals surface area contributed by atoms with E-state index in [2.05, 4.69) is 60.1 Å². The Kier molecular flexibility index (Phi) is 7.84. The third-order valence-corrected chi connectivity index (χ3v) is 6.78. The van der Waals surface area contributed by atoms with Crippen LogP contribution in [-0.4, -0.2) is 92.5 Å². The highest BCUT2D eigenvalue weighted by molar-refractivity contribution is 5.88. The van der Waals surface area contributed by atoms with E-state index in [1.54, 1.807) is 32.5 Å². The zero-order chi connectivity index (χ0) is 27.4. The molecule has 1 aliphatic heterocycles. The van der Waals surface area contributed by atoms with E-state index in [4.69, 9.17) is 15.2 Å². The van der Waals surface area contributed by atoms with Crippen molar-refractivity contribution in [1.29, 1.82) is 0 Å². The summed E-state index contributed by atoms with van der Waals surface area (Å²) in [5, 5.41) is 8.37. The number of pyridine rings is 1. The molecule has 4 heterocycles. The van der Waals surface area contributed by atoms with Gasteiger partial charge in [0.1, 0.15) is 6.33 Å². The molecule has 0 amide bonds. The van der Waals surface area contributed by atoms with E-state index in [9.17, 15) is 0 Å². The average molecular weight is 531 g/mol. The van der Waals surface area contributed by atoms with Crippen molar-refractivity contribution < 1.29 is 9.47 Å². The van der Waals surface area contributed by atoms with E-state index in [-0.39, 0.29) is 5.95 Å². The Morgan fingerprint density at radius 1 is 1.03 bits per heavy atom. The van der Waals surface area contributed by atoms with Crippen molar-refractivity contribution in [2.75, 3.05) is 58.0 Å². The van der Waals surface area contributed by atoms with Gasteiger partial charge in [0.25, 0.3) is 0 Å². The summed E-state index contributed by atoms with van der Waals surface area (Å²) < 4.78 is 12.3. The van der Waals surface area contributed by atoms with E-state index in [1.165, 1.54) is 11.0 Å². The first kappa shape index (κ1) is 26.3. The maximum Gasteiger partial charge on any atom is 0.248 e. The number of hydrogen-bond acceptors (Lipinski definition) is 11. The number of nitrogen functional groups attached to an aromatic ring is 1. The Morgan fingerprint density at radius 2 is 1.79 bits per heavy atom. The third kappa shape index (κ3) is 5.91. The summed E-state index contributed by atoms with van der Waals surface area (Å²) in [5.41, 5.74) is 8.50. The molecule has 0 bridgehead atoms. The molecule has 4 aromatic rings. The highest BCUT2D eigenvalue weighted by atomic mass is 16.5. The Labute approximate surface area is 227 Å². The molecule has 204 valence electrons. The zero-order valence-corrected chi connectivity index (χ0v) is 22.7. The molecular weight excluding hydrogens is 496 g/mol. The van der Waals surface area contributed by atoms with Crippen LogP contribution in [0.5, 0.6) is 11.5 Å². The lowest BCUT2D eigenvalue weighted by Crippen LogP contribution is -2.48. The van der Waals surface area contributed by atoms with Crippen molar-refractivity contribution in [2.45, 2.75) is 19.9 Å². The lowest BCUT2D eigenvalue weighted by Gasteiger charge is -2.36. The number of methoxy groups -OCH3 is 2. The highest BCUT2D eigenvalue weighted by Crippen LogP contribution is 2.33. The molecule has 12 heteroatoms. The van der Waals surface area contributed by atoms with Crippen LogP contribution in [0.4, 0.5) is 17.6 Å². The minimum Gasteiger partial charge on any atom is -0.493 e. The second-order valence-electron chi connectivity index (χ2n) is 9.56. The number of nitrogens with one attached hydrogen (secondary N) is 1. The van der Waals surface area contributed by atoms with Gasteiger partial charge in [-0.15, -0.1) is 5.10 Å². The van der Waals surface area contributed by atoms with Gasteiger partial charge in [0.2, 0.25) is 11.9 Å². The lowest BCUT2D eigenvalue weighted by molar-refractivity contribution is 0.117. The number of piperazine rings is 1. The monoisotopic (exact) mass is 530 g/mol. The van der Waals surface area contributed by atoms with Gasteiger partial charge in [-0.1, -0.05) is 6.08 Å². The van der Waals surface area contributed by atoms with Crippen LogP contribution in [-0.2, 0) is 0 Å². The fourth-order valence-electron chi connectivity index (χ4n) is 4.56. The van der Waals surface area contributed by atoms with Crippen molar-refractivity contribution in [3.05, 3.63) is 48.6 Å². The van der Waals surface area contributed by atoms with Gasteiger partial charge >= 0.3 is 0 Å². The molecule has 1 aromatic carbocycles. The Balaban J connectivity index is 1.25. The number of nitrogens with two attached hydrogens (primary N) is 1. The predicted molar refractivity (Wildman–Crippen MR) is 152 cm³/mol. The molecule has 0 unspecified atom stereocenters.